The van der Waals surface area contributed by atoms with E-state index in [1.165, 1.54) is 0 Å². The van der Waals surface area contributed by atoms with Crippen molar-refractivity contribution in [1.29, 1.82) is 0 Å². The molecular weight excluding hydrogens is 362 g/mol. The molecule has 0 atom stereocenters. The Morgan fingerprint density at radius 1 is 0.897 bits per heavy atom. The Kier molecular flexibility index (Phi) is 4.22. The minimum atomic E-state index is -0.173. The normalized spacial score (nSPS) is 11.0. The summed E-state index contributed by atoms with van der Waals surface area (Å²) in [4.78, 5) is 17.8. The van der Waals surface area contributed by atoms with E-state index in [1.54, 1.807) is 0 Å². The zero-order chi connectivity index (χ0) is 19.6. The monoisotopic (exact) mass is 379 g/mol. The van der Waals surface area contributed by atoms with Crippen LogP contribution in [0.2, 0.25) is 0 Å². The Morgan fingerprint density at radius 3 is 2.59 bits per heavy atom. The zero-order valence-electron chi connectivity index (χ0n) is 15.5. The third-order valence-corrected chi connectivity index (χ3v) is 4.82. The van der Waals surface area contributed by atoms with Crippen LogP contribution in [0.25, 0.3) is 27.8 Å². The smallest absolute Gasteiger partial charge is 0.252 e. The fourth-order valence-corrected chi connectivity index (χ4v) is 3.39. The maximum Gasteiger partial charge on any atom is 0.252 e. The third kappa shape index (κ3) is 3.21. The van der Waals surface area contributed by atoms with Crippen molar-refractivity contribution < 1.29 is 4.79 Å². The first-order chi connectivity index (χ1) is 14.3. The van der Waals surface area contributed by atoms with E-state index < -0.39 is 0 Å². The summed E-state index contributed by atoms with van der Waals surface area (Å²) in [6.45, 7) is 0.279. The van der Waals surface area contributed by atoms with Gasteiger partial charge in [0.25, 0.3) is 5.91 Å². The molecule has 3 aromatic heterocycles. The van der Waals surface area contributed by atoms with Crippen LogP contribution in [-0.4, -0.2) is 25.5 Å². The van der Waals surface area contributed by atoms with Crippen LogP contribution >= 0.6 is 0 Å². The molecule has 3 heterocycles. The predicted octanol–water partition coefficient (Wildman–Crippen LogP) is 3.87. The number of rotatable bonds is 4. The molecule has 0 saturated heterocycles. The summed E-state index contributed by atoms with van der Waals surface area (Å²) in [6.07, 6.45) is 1.88. The van der Waals surface area contributed by atoms with Crippen molar-refractivity contribution in [1.82, 2.24) is 24.9 Å². The average molecular weight is 379 g/mol. The second-order valence-corrected chi connectivity index (χ2v) is 6.67. The van der Waals surface area contributed by atoms with Crippen molar-refractivity contribution in [3.8, 4) is 11.3 Å². The summed E-state index contributed by atoms with van der Waals surface area (Å²) in [7, 11) is 0. The molecule has 5 aromatic rings. The van der Waals surface area contributed by atoms with Crippen molar-refractivity contribution in [2.24, 2.45) is 0 Å². The van der Waals surface area contributed by atoms with E-state index >= 15 is 0 Å². The topological polar surface area (TPSA) is 72.2 Å². The van der Waals surface area contributed by atoms with Crippen molar-refractivity contribution in [3.05, 3.63) is 96.4 Å². The van der Waals surface area contributed by atoms with E-state index in [2.05, 4.69) is 15.5 Å². The number of nitrogens with one attached hydrogen (secondary N) is 1. The summed E-state index contributed by atoms with van der Waals surface area (Å²) >= 11 is 0. The molecule has 0 radical (unpaired) electrons. The highest BCUT2D eigenvalue weighted by molar-refractivity contribution is 6.07. The number of pyridine rings is 2. The first-order valence-corrected chi connectivity index (χ1v) is 9.32. The molecule has 1 N–H and O–H groups in total. The summed E-state index contributed by atoms with van der Waals surface area (Å²) in [6, 6.07) is 25.1. The van der Waals surface area contributed by atoms with Gasteiger partial charge in [-0.2, -0.15) is 0 Å². The number of carbonyl (C=O) groups excluding carboxylic acids is 1. The highest BCUT2D eigenvalue weighted by Crippen LogP contribution is 2.24. The summed E-state index contributed by atoms with van der Waals surface area (Å²) in [5, 5.41) is 12.1. The minimum Gasteiger partial charge on any atom is -0.345 e. The number of para-hydroxylation sites is 1. The van der Waals surface area contributed by atoms with Gasteiger partial charge in [0.1, 0.15) is 0 Å². The van der Waals surface area contributed by atoms with E-state index in [-0.39, 0.29) is 12.5 Å². The molecular formula is C23H17N5O. The summed E-state index contributed by atoms with van der Waals surface area (Å²) in [5.41, 5.74) is 3.85. The van der Waals surface area contributed by atoms with Crippen LogP contribution in [-0.2, 0) is 6.54 Å². The molecule has 29 heavy (non-hydrogen) atoms. The molecule has 0 aliphatic carbocycles. The molecule has 0 bridgehead atoms. The number of hydrogen-bond acceptors (Lipinski definition) is 4. The Labute approximate surface area is 166 Å². The van der Waals surface area contributed by atoms with Crippen molar-refractivity contribution in [3.63, 3.8) is 0 Å². The number of fused-ring (bicyclic) bond motifs is 2. The van der Waals surface area contributed by atoms with Crippen LogP contribution in [0.5, 0.6) is 0 Å². The quantitative estimate of drug-likeness (QED) is 0.514. The molecule has 140 valence electrons. The van der Waals surface area contributed by atoms with E-state index in [0.29, 0.717) is 11.4 Å². The van der Waals surface area contributed by atoms with E-state index in [0.717, 1.165) is 27.8 Å². The lowest BCUT2D eigenvalue weighted by atomic mass is 10.0. The molecule has 0 aliphatic heterocycles. The second-order valence-electron chi connectivity index (χ2n) is 6.67. The van der Waals surface area contributed by atoms with Gasteiger partial charge in [-0.25, -0.2) is 4.98 Å². The highest BCUT2D eigenvalue weighted by atomic mass is 16.1. The van der Waals surface area contributed by atoms with Gasteiger partial charge in [0.2, 0.25) is 0 Å². The number of amides is 1. The average Bonchev–Trinajstić information content (AvgIpc) is 3.20. The van der Waals surface area contributed by atoms with Gasteiger partial charge < -0.3 is 5.32 Å². The van der Waals surface area contributed by atoms with Crippen molar-refractivity contribution in [2.45, 2.75) is 6.54 Å². The predicted molar refractivity (Wildman–Crippen MR) is 111 cm³/mol. The first-order valence-electron chi connectivity index (χ1n) is 9.32. The van der Waals surface area contributed by atoms with Gasteiger partial charge in [0, 0.05) is 17.1 Å². The fourth-order valence-electron chi connectivity index (χ4n) is 3.39. The molecule has 0 aliphatic rings. The van der Waals surface area contributed by atoms with Gasteiger partial charge in [-0.15, -0.1) is 10.2 Å². The van der Waals surface area contributed by atoms with E-state index in [1.807, 2.05) is 89.5 Å². The summed E-state index contributed by atoms with van der Waals surface area (Å²) in [5.74, 6) is 0.504. The van der Waals surface area contributed by atoms with Crippen LogP contribution in [0.4, 0.5) is 0 Å². The Balaban J connectivity index is 1.50. The number of carbonyl (C=O) groups is 1. The van der Waals surface area contributed by atoms with Gasteiger partial charge in [0.15, 0.2) is 11.5 Å². The molecule has 1 amide bonds. The van der Waals surface area contributed by atoms with Gasteiger partial charge in [-0.3, -0.25) is 9.20 Å². The number of benzene rings is 2. The van der Waals surface area contributed by atoms with Crippen LogP contribution in [0.1, 0.15) is 16.2 Å². The molecule has 0 fully saturated rings. The molecule has 0 spiro atoms. The third-order valence-electron chi connectivity index (χ3n) is 4.82. The molecule has 6 nitrogen and oxygen atoms in total. The first kappa shape index (κ1) is 17.1. The van der Waals surface area contributed by atoms with Crippen molar-refractivity contribution in [2.75, 3.05) is 0 Å². The second kappa shape index (κ2) is 7.16. The molecule has 0 unspecified atom stereocenters. The maximum absolute atomic E-state index is 13.1. The van der Waals surface area contributed by atoms with Crippen LogP contribution in [0.3, 0.4) is 0 Å². The molecule has 2 aromatic carbocycles. The molecule has 5 rings (SSSR count). The van der Waals surface area contributed by atoms with Crippen LogP contribution in [0, 0.1) is 0 Å². The van der Waals surface area contributed by atoms with Crippen LogP contribution < -0.4 is 5.32 Å². The van der Waals surface area contributed by atoms with Gasteiger partial charge in [0.05, 0.1) is 23.3 Å². The SMILES string of the molecule is O=C(NCc1nnc2ccccn12)c1cc(-c2ccccc2)nc2ccccc12. The Morgan fingerprint density at radius 2 is 1.69 bits per heavy atom. The Hall–Kier alpha value is -4.06. The molecule has 6 heteroatoms. The fraction of sp³-hybridized carbons (Fsp3) is 0.0435. The summed E-state index contributed by atoms with van der Waals surface area (Å²) < 4.78 is 1.86. The largest absolute Gasteiger partial charge is 0.345 e. The number of hydrogen-bond donors (Lipinski definition) is 1. The highest BCUT2D eigenvalue weighted by Gasteiger charge is 2.15. The lowest BCUT2D eigenvalue weighted by Gasteiger charge is -2.10. The van der Waals surface area contributed by atoms with E-state index in [4.69, 9.17) is 4.98 Å². The standard InChI is InChI=1S/C23H17N5O/c29-23(24-15-22-27-26-21-12-6-7-13-28(21)22)18-14-20(16-8-2-1-3-9-16)25-19-11-5-4-10-17(18)19/h1-14H,15H2,(H,24,29). The number of aromatic nitrogens is 4. The zero-order valence-corrected chi connectivity index (χ0v) is 15.5. The lowest BCUT2D eigenvalue weighted by Crippen LogP contribution is -2.24. The van der Waals surface area contributed by atoms with Crippen LogP contribution in [0.15, 0.2) is 85.1 Å². The Bertz CT molecular complexity index is 1330. The van der Waals surface area contributed by atoms with Gasteiger partial charge >= 0.3 is 0 Å². The van der Waals surface area contributed by atoms with E-state index in [9.17, 15) is 4.79 Å². The minimum absolute atomic E-state index is 0.173. The van der Waals surface area contributed by atoms with Gasteiger partial charge in [-0.05, 0) is 24.3 Å². The maximum atomic E-state index is 13.1. The molecule has 0 saturated carbocycles. The lowest BCUT2D eigenvalue weighted by molar-refractivity contribution is 0.0951. The van der Waals surface area contributed by atoms with Crippen molar-refractivity contribution >= 4 is 22.5 Å². The van der Waals surface area contributed by atoms with Gasteiger partial charge in [-0.1, -0.05) is 54.6 Å². The number of nitrogens with zero attached hydrogens (tertiary/aromatic N) is 4.